The van der Waals surface area contributed by atoms with Gasteiger partial charge in [0.1, 0.15) is 17.6 Å². The number of carbonyl (C=O) groups is 1. The van der Waals surface area contributed by atoms with Gasteiger partial charge in [-0.15, -0.1) is 0 Å². The van der Waals surface area contributed by atoms with Gasteiger partial charge in [-0.3, -0.25) is 4.98 Å². The van der Waals surface area contributed by atoms with Gasteiger partial charge in [-0.1, -0.05) is 17.7 Å². The number of carboxylic acid groups (broad SMARTS) is 1. The molecule has 6 heteroatoms. The van der Waals surface area contributed by atoms with Gasteiger partial charge >= 0.3 is 5.97 Å². The molecule has 0 saturated carbocycles. The van der Waals surface area contributed by atoms with Gasteiger partial charge in [0, 0.05) is 18.3 Å². The molecule has 1 aromatic heterocycles. The normalized spacial score (nSPS) is 10.3. The number of hydrogen-bond donors (Lipinski definition) is 1. The number of hydrogen-bond acceptors (Lipinski definition) is 4. The van der Waals surface area contributed by atoms with E-state index in [4.69, 9.17) is 26.7 Å². The summed E-state index contributed by atoms with van der Waals surface area (Å²) in [4.78, 5) is 14.4. The van der Waals surface area contributed by atoms with Gasteiger partial charge in [0.05, 0.1) is 16.8 Å². The highest BCUT2D eigenvalue weighted by Gasteiger charge is 2.06. The molecule has 0 radical (unpaired) electrons. The topological polar surface area (TPSA) is 83.2 Å². The zero-order chi connectivity index (χ0) is 15.2. The van der Waals surface area contributed by atoms with Crippen molar-refractivity contribution >= 4 is 23.6 Å². The van der Waals surface area contributed by atoms with Crippen LogP contribution in [0.2, 0.25) is 5.02 Å². The molecule has 0 amide bonds. The highest BCUT2D eigenvalue weighted by atomic mass is 35.5. The first-order valence-corrected chi connectivity index (χ1v) is 6.20. The maximum atomic E-state index is 10.5. The summed E-state index contributed by atoms with van der Waals surface area (Å²) in [5.74, 6) is -0.305. The van der Waals surface area contributed by atoms with Crippen molar-refractivity contribution in [1.29, 1.82) is 5.26 Å². The quantitative estimate of drug-likeness (QED) is 0.874. The minimum Gasteiger partial charge on any atom is -0.478 e. The molecule has 0 aliphatic heterocycles. The van der Waals surface area contributed by atoms with Crippen molar-refractivity contribution in [3.63, 3.8) is 0 Å². The summed E-state index contributed by atoms with van der Waals surface area (Å²) in [6, 6.07) is 8.34. The molecule has 1 aromatic carbocycles. The predicted molar refractivity (Wildman–Crippen MR) is 77.1 cm³/mol. The second kappa shape index (κ2) is 6.55. The highest BCUT2D eigenvalue weighted by molar-refractivity contribution is 6.30. The molecule has 2 rings (SSSR count). The number of carboxylic acids is 1. The van der Waals surface area contributed by atoms with E-state index in [0.29, 0.717) is 22.1 Å². The number of benzene rings is 1. The lowest BCUT2D eigenvalue weighted by molar-refractivity contribution is -0.131. The monoisotopic (exact) mass is 300 g/mol. The average molecular weight is 301 g/mol. The average Bonchev–Trinajstić information content (AvgIpc) is 2.46. The van der Waals surface area contributed by atoms with Crippen molar-refractivity contribution in [1.82, 2.24) is 4.98 Å². The smallest absolute Gasteiger partial charge is 0.328 e. The molecule has 0 saturated heterocycles. The lowest BCUT2D eigenvalue weighted by Gasteiger charge is -2.07. The van der Waals surface area contributed by atoms with Crippen LogP contribution in [0.25, 0.3) is 6.08 Å². The molecule has 1 N–H and O–H groups in total. The summed E-state index contributed by atoms with van der Waals surface area (Å²) in [5.41, 5.74) is 0.869. The molecule has 0 aliphatic carbocycles. The van der Waals surface area contributed by atoms with E-state index in [1.54, 1.807) is 18.2 Å². The Morgan fingerprint density at radius 1 is 1.38 bits per heavy atom. The van der Waals surface area contributed by atoms with Crippen LogP contribution in [0, 0.1) is 11.3 Å². The van der Waals surface area contributed by atoms with Gasteiger partial charge in [-0.25, -0.2) is 4.79 Å². The second-order valence-electron chi connectivity index (χ2n) is 3.98. The number of ether oxygens (including phenoxy) is 1. The SMILES string of the molecule is N#Cc1cc(/C=C/C(=O)O)ccc1Oc1cncc(Cl)c1. The number of nitriles is 1. The van der Waals surface area contributed by atoms with E-state index < -0.39 is 5.97 Å². The fraction of sp³-hybridized carbons (Fsp3) is 0. The molecule has 1 heterocycles. The van der Waals surface area contributed by atoms with Crippen LogP contribution in [0.15, 0.2) is 42.7 Å². The van der Waals surface area contributed by atoms with Crippen molar-refractivity contribution in [2.24, 2.45) is 0 Å². The summed E-state index contributed by atoms with van der Waals surface area (Å²) in [6.07, 6.45) is 5.34. The lowest BCUT2D eigenvalue weighted by atomic mass is 10.1. The van der Waals surface area contributed by atoms with Crippen LogP contribution in [0.4, 0.5) is 0 Å². The largest absolute Gasteiger partial charge is 0.478 e. The minimum absolute atomic E-state index is 0.280. The molecule has 0 bridgehead atoms. The van der Waals surface area contributed by atoms with Crippen LogP contribution >= 0.6 is 11.6 Å². The first-order valence-electron chi connectivity index (χ1n) is 5.82. The molecule has 0 fully saturated rings. The number of pyridine rings is 1. The number of aromatic nitrogens is 1. The van der Waals surface area contributed by atoms with Crippen LogP contribution in [-0.4, -0.2) is 16.1 Å². The first-order chi connectivity index (χ1) is 10.1. The van der Waals surface area contributed by atoms with Crippen LogP contribution in [0.3, 0.4) is 0 Å². The van der Waals surface area contributed by atoms with Crippen molar-refractivity contribution in [3.8, 4) is 17.6 Å². The fourth-order valence-corrected chi connectivity index (χ4v) is 1.73. The Morgan fingerprint density at radius 2 is 2.19 bits per heavy atom. The molecule has 0 atom stereocenters. The Labute approximate surface area is 125 Å². The molecule has 0 unspecified atom stereocenters. The van der Waals surface area contributed by atoms with Gasteiger partial charge < -0.3 is 9.84 Å². The van der Waals surface area contributed by atoms with E-state index in [1.165, 1.54) is 24.5 Å². The summed E-state index contributed by atoms with van der Waals surface area (Å²) < 4.78 is 5.55. The van der Waals surface area contributed by atoms with Crippen LogP contribution in [-0.2, 0) is 4.79 Å². The third-order valence-electron chi connectivity index (χ3n) is 2.45. The Morgan fingerprint density at radius 3 is 2.86 bits per heavy atom. The third-order valence-corrected chi connectivity index (χ3v) is 2.66. The Kier molecular flexibility index (Phi) is 4.54. The van der Waals surface area contributed by atoms with Crippen molar-refractivity contribution in [2.75, 3.05) is 0 Å². The maximum Gasteiger partial charge on any atom is 0.328 e. The molecule has 0 spiro atoms. The molecule has 104 valence electrons. The van der Waals surface area contributed by atoms with Gasteiger partial charge in [-0.05, 0) is 23.8 Å². The molecule has 21 heavy (non-hydrogen) atoms. The molecule has 5 nitrogen and oxygen atoms in total. The van der Waals surface area contributed by atoms with Gasteiger partial charge in [-0.2, -0.15) is 5.26 Å². The number of rotatable bonds is 4. The van der Waals surface area contributed by atoms with E-state index in [2.05, 4.69) is 4.98 Å². The summed E-state index contributed by atoms with van der Waals surface area (Å²) in [6.45, 7) is 0. The molecule has 0 aliphatic rings. The highest BCUT2D eigenvalue weighted by Crippen LogP contribution is 2.27. The Hall–Kier alpha value is -2.84. The Balaban J connectivity index is 2.29. The predicted octanol–water partition coefficient (Wildman–Crippen LogP) is 3.50. The van der Waals surface area contributed by atoms with Crippen molar-refractivity contribution < 1.29 is 14.6 Å². The Bertz CT molecular complexity index is 751. The molecule has 2 aromatic rings. The third kappa shape index (κ3) is 4.06. The number of nitrogens with zero attached hydrogens (tertiary/aromatic N) is 2. The second-order valence-corrected chi connectivity index (χ2v) is 4.42. The number of aliphatic carboxylic acids is 1. The summed E-state index contributed by atoms with van der Waals surface area (Å²) >= 11 is 5.81. The van der Waals surface area contributed by atoms with E-state index >= 15 is 0 Å². The van der Waals surface area contributed by atoms with Crippen molar-refractivity contribution in [3.05, 3.63) is 58.9 Å². The number of halogens is 1. The van der Waals surface area contributed by atoms with Crippen LogP contribution in [0.5, 0.6) is 11.5 Å². The molecular formula is C15H9ClN2O3. The first kappa shape index (κ1) is 14.6. The van der Waals surface area contributed by atoms with E-state index in [9.17, 15) is 4.79 Å². The molecular weight excluding hydrogens is 292 g/mol. The van der Waals surface area contributed by atoms with E-state index in [0.717, 1.165) is 6.08 Å². The summed E-state index contributed by atoms with van der Waals surface area (Å²) in [5, 5.41) is 18.1. The van der Waals surface area contributed by atoms with E-state index in [1.807, 2.05) is 6.07 Å². The standard InChI is InChI=1S/C15H9ClN2O3/c16-12-6-13(9-18-8-12)21-14-3-1-10(2-4-15(19)20)5-11(14)7-17/h1-6,8-9H,(H,19,20)/b4-2+. The fourth-order valence-electron chi connectivity index (χ4n) is 1.57. The van der Waals surface area contributed by atoms with Gasteiger partial charge in [0.25, 0.3) is 0 Å². The van der Waals surface area contributed by atoms with Gasteiger partial charge in [0.2, 0.25) is 0 Å². The minimum atomic E-state index is -1.06. The van der Waals surface area contributed by atoms with E-state index in [-0.39, 0.29) is 5.56 Å². The van der Waals surface area contributed by atoms with Crippen LogP contribution in [0.1, 0.15) is 11.1 Å². The zero-order valence-corrected chi connectivity index (χ0v) is 11.4. The zero-order valence-electron chi connectivity index (χ0n) is 10.7. The van der Waals surface area contributed by atoms with Crippen molar-refractivity contribution in [2.45, 2.75) is 0 Å². The van der Waals surface area contributed by atoms with Crippen LogP contribution < -0.4 is 4.74 Å². The maximum absolute atomic E-state index is 10.5. The summed E-state index contributed by atoms with van der Waals surface area (Å²) in [7, 11) is 0. The lowest BCUT2D eigenvalue weighted by Crippen LogP contribution is -1.90. The van der Waals surface area contributed by atoms with Gasteiger partial charge in [0.15, 0.2) is 0 Å².